The number of aromatic nitrogens is 2. The van der Waals surface area contributed by atoms with Crippen LogP contribution in [0.2, 0.25) is 0 Å². The Bertz CT molecular complexity index is 1770. The number of nitrogens with one attached hydrogen (secondary N) is 2. The van der Waals surface area contributed by atoms with Gasteiger partial charge in [0.25, 0.3) is 0 Å². The summed E-state index contributed by atoms with van der Waals surface area (Å²) in [5, 5.41) is 9.00. The Morgan fingerprint density at radius 2 is 1.68 bits per heavy atom. The fraction of sp³-hybridized carbons (Fsp3) is 0.450. The van der Waals surface area contributed by atoms with Gasteiger partial charge in [-0.25, -0.2) is 14.6 Å². The number of ketones is 1. The average Bonchev–Trinajstić information content (AvgIpc) is 3.92. The Balaban J connectivity index is 1.30. The molecule has 1 aliphatic heterocycles. The van der Waals surface area contributed by atoms with E-state index in [2.05, 4.69) is 41.6 Å². The quantitative estimate of drug-likeness (QED) is 0.119. The van der Waals surface area contributed by atoms with Crippen LogP contribution in [0.1, 0.15) is 79.1 Å². The first-order valence-electron chi connectivity index (χ1n) is 18.2. The van der Waals surface area contributed by atoms with Crippen LogP contribution in [0.5, 0.6) is 0 Å². The van der Waals surface area contributed by atoms with E-state index in [-0.39, 0.29) is 55.3 Å². The molecule has 0 aliphatic carbocycles. The van der Waals surface area contributed by atoms with Crippen LogP contribution in [0.4, 0.5) is 9.59 Å². The van der Waals surface area contributed by atoms with Crippen molar-refractivity contribution in [3.8, 4) is 0 Å². The summed E-state index contributed by atoms with van der Waals surface area (Å²) in [4.78, 5) is 66.1. The summed E-state index contributed by atoms with van der Waals surface area (Å²) in [6.07, 6.45) is 4.33. The van der Waals surface area contributed by atoms with Gasteiger partial charge in [0, 0.05) is 56.5 Å². The van der Waals surface area contributed by atoms with Crippen LogP contribution in [0.15, 0.2) is 77.8 Å². The molecule has 2 N–H and O–H groups in total. The van der Waals surface area contributed by atoms with Crippen molar-refractivity contribution < 1.29 is 23.9 Å². The molecule has 0 bridgehead atoms. The second kappa shape index (κ2) is 19.5. The van der Waals surface area contributed by atoms with Crippen molar-refractivity contribution >= 4 is 46.5 Å². The second-order valence-electron chi connectivity index (χ2n) is 14.2. The number of likely N-dealkylation sites (tertiary alicyclic amines) is 1. The standard InChI is InChI=1S/C40H50N6O5S2/c1-27(2)38-43-34(25-52-38)22-45(4)40(50)46-23-33(42-28(3)47)20-36(46)37(48)19-31(17-29-11-7-5-8-12-29)15-16-32(18-30-13-9-6-10-14-30)44-39(49)51-24-35-21-41-26-53-35/h5-14,21,25-27,31-33,36H,15-20,22-24H2,1-4H3,(H,42,47)(H,44,49)/t31-,32-,33+,36+/m1/s1. The highest BCUT2D eigenvalue weighted by molar-refractivity contribution is 7.09. The Morgan fingerprint density at radius 3 is 2.30 bits per heavy atom. The van der Waals surface area contributed by atoms with Crippen molar-refractivity contribution in [3.63, 3.8) is 0 Å². The molecule has 13 heteroatoms. The zero-order chi connectivity index (χ0) is 37.7. The number of alkyl carbamates (subject to hydrolysis) is 1. The summed E-state index contributed by atoms with van der Waals surface area (Å²) in [6, 6.07) is 18.6. The number of carbonyl (C=O) groups excluding carboxylic acids is 4. The van der Waals surface area contributed by atoms with Gasteiger partial charge in [-0.15, -0.1) is 22.7 Å². The number of ether oxygens (including phenoxy) is 1. The number of carbonyl (C=O) groups is 4. The van der Waals surface area contributed by atoms with Gasteiger partial charge in [-0.05, 0) is 49.1 Å². The third kappa shape index (κ3) is 12.2. The number of hydrogen-bond acceptors (Lipinski definition) is 9. The molecule has 4 atom stereocenters. The molecule has 2 aromatic carbocycles. The van der Waals surface area contributed by atoms with E-state index in [0.717, 1.165) is 26.7 Å². The van der Waals surface area contributed by atoms with Crippen molar-refractivity contribution in [2.75, 3.05) is 13.6 Å². The lowest BCUT2D eigenvalue weighted by molar-refractivity contribution is -0.124. The summed E-state index contributed by atoms with van der Waals surface area (Å²) in [7, 11) is 1.73. The van der Waals surface area contributed by atoms with Gasteiger partial charge in [0.15, 0.2) is 5.78 Å². The summed E-state index contributed by atoms with van der Waals surface area (Å²) in [5.74, 6) is 0.00647. The molecule has 1 saturated heterocycles. The van der Waals surface area contributed by atoms with Gasteiger partial charge in [-0.1, -0.05) is 74.5 Å². The molecule has 0 spiro atoms. The molecule has 4 aromatic rings. The fourth-order valence-electron chi connectivity index (χ4n) is 6.80. The molecule has 1 fully saturated rings. The average molecular weight is 759 g/mol. The first-order chi connectivity index (χ1) is 25.5. The highest BCUT2D eigenvalue weighted by atomic mass is 32.1. The Labute approximate surface area is 320 Å². The van der Waals surface area contributed by atoms with Crippen LogP contribution < -0.4 is 10.6 Å². The van der Waals surface area contributed by atoms with E-state index in [1.165, 1.54) is 18.3 Å². The molecule has 5 rings (SSSR count). The molecule has 282 valence electrons. The van der Waals surface area contributed by atoms with Crippen LogP contribution in [0.3, 0.4) is 0 Å². The SMILES string of the molecule is CC(=O)N[C@H]1C[C@@H](C(=O)C[C@H](CC[C@H](Cc2ccccc2)NC(=O)OCc2cncs2)Cc2ccccc2)N(C(=O)N(C)Cc2csc(C(C)C)n2)C1. The number of thiazole rings is 2. The van der Waals surface area contributed by atoms with Crippen LogP contribution >= 0.6 is 22.7 Å². The van der Waals surface area contributed by atoms with Crippen LogP contribution in [0, 0.1) is 5.92 Å². The second-order valence-corrected chi connectivity index (χ2v) is 16.0. The number of benzene rings is 2. The van der Waals surface area contributed by atoms with E-state index in [0.29, 0.717) is 44.6 Å². The number of urea groups is 1. The fourth-order valence-corrected chi connectivity index (χ4v) is 8.13. The predicted octanol–water partition coefficient (Wildman–Crippen LogP) is 6.99. The molecule has 3 heterocycles. The molecule has 4 amide bonds. The van der Waals surface area contributed by atoms with Crippen molar-refractivity contribution in [1.29, 1.82) is 0 Å². The molecular formula is C40H50N6O5S2. The van der Waals surface area contributed by atoms with Gasteiger partial charge in [0.2, 0.25) is 5.91 Å². The third-order valence-electron chi connectivity index (χ3n) is 9.37. The minimum Gasteiger partial charge on any atom is -0.444 e. The van der Waals surface area contributed by atoms with Crippen molar-refractivity contribution in [3.05, 3.63) is 104 Å². The zero-order valence-corrected chi connectivity index (χ0v) is 32.5. The lowest BCUT2D eigenvalue weighted by Crippen LogP contribution is -2.47. The molecule has 0 saturated carbocycles. The number of rotatable bonds is 17. The van der Waals surface area contributed by atoms with E-state index in [9.17, 15) is 19.2 Å². The van der Waals surface area contributed by atoms with Crippen molar-refractivity contribution in [2.24, 2.45) is 5.92 Å². The maximum absolute atomic E-state index is 14.3. The summed E-state index contributed by atoms with van der Waals surface area (Å²) in [5.41, 5.74) is 4.71. The highest BCUT2D eigenvalue weighted by Crippen LogP contribution is 2.28. The molecule has 11 nitrogen and oxygen atoms in total. The van der Waals surface area contributed by atoms with Gasteiger partial charge < -0.3 is 25.2 Å². The molecule has 0 radical (unpaired) electrons. The van der Waals surface area contributed by atoms with Crippen LogP contribution in [-0.4, -0.2) is 75.3 Å². The van der Waals surface area contributed by atoms with Gasteiger partial charge in [-0.3, -0.25) is 14.6 Å². The molecule has 2 aromatic heterocycles. The first-order valence-corrected chi connectivity index (χ1v) is 19.9. The van der Waals surface area contributed by atoms with Gasteiger partial charge in [0.1, 0.15) is 6.61 Å². The monoisotopic (exact) mass is 758 g/mol. The topological polar surface area (TPSA) is 134 Å². The van der Waals surface area contributed by atoms with Gasteiger partial charge in [0.05, 0.1) is 33.7 Å². The summed E-state index contributed by atoms with van der Waals surface area (Å²) in [6.45, 7) is 6.35. The normalized spacial score (nSPS) is 16.6. The van der Waals surface area contributed by atoms with Crippen LogP contribution in [-0.2, 0) is 40.3 Å². The van der Waals surface area contributed by atoms with Gasteiger partial charge >= 0.3 is 12.1 Å². The van der Waals surface area contributed by atoms with E-state index >= 15 is 0 Å². The van der Waals surface area contributed by atoms with E-state index in [1.807, 2.05) is 53.9 Å². The number of Topliss-reactive ketones (excluding diaryl/α,β-unsaturated/α-hetero) is 1. The first kappa shape index (κ1) is 39.6. The molecular weight excluding hydrogens is 709 g/mol. The minimum absolute atomic E-state index is 0.0344. The smallest absolute Gasteiger partial charge is 0.407 e. The summed E-state index contributed by atoms with van der Waals surface area (Å²) < 4.78 is 5.52. The van der Waals surface area contributed by atoms with Gasteiger partial charge in [-0.2, -0.15) is 0 Å². The summed E-state index contributed by atoms with van der Waals surface area (Å²) >= 11 is 3.01. The van der Waals surface area contributed by atoms with E-state index in [1.54, 1.807) is 39.9 Å². The Hall–Kier alpha value is -4.62. The Kier molecular flexibility index (Phi) is 14.5. The molecule has 53 heavy (non-hydrogen) atoms. The number of nitrogens with zero attached hydrogens (tertiary/aromatic N) is 4. The number of amides is 4. The van der Waals surface area contributed by atoms with E-state index in [4.69, 9.17) is 9.72 Å². The zero-order valence-electron chi connectivity index (χ0n) is 30.9. The van der Waals surface area contributed by atoms with Crippen molar-refractivity contribution in [1.82, 2.24) is 30.4 Å². The lowest BCUT2D eigenvalue weighted by Gasteiger charge is -2.29. The molecule has 0 unspecified atom stereocenters. The Morgan fingerprint density at radius 1 is 0.981 bits per heavy atom. The van der Waals surface area contributed by atoms with Crippen molar-refractivity contribution in [2.45, 2.75) is 96.5 Å². The molecule has 1 aliphatic rings. The number of hydrogen-bond donors (Lipinski definition) is 2. The lowest BCUT2D eigenvalue weighted by atomic mass is 9.86. The highest BCUT2D eigenvalue weighted by Gasteiger charge is 2.41. The van der Waals surface area contributed by atoms with Crippen LogP contribution in [0.25, 0.3) is 0 Å². The maximum Gasteiger partial charge on any atom is 0.407 e. The largest absolute Gasteiger partial charge is 0.444 e. The predicted molar refractivity (Wildman–Crippen MR) is 208 cm³/mol. The minimum atomic E-state index is -0.679. The maximum atomic E-state index is 14.3. The third-order valence-corrected chi connectivity index (χ3v) is 11.3. The van der Waals surface area contributed by atoms with E-state index < -0.39 is 12.1 Å².